The molecule has 0 spiro atoms. The Kier molecular flexibility index (Phi) is 2.76. The van der Waals surface area contributed by atoms with Crippen LogP contribution in [0.5, 0.6) is 0 Å². The van der Waals surface area contributed by atoms with E-state index in [1.54, 1.807) is 16.6 Å². The van der Waals surface area contributed by atoms with Crippen LogP contribution in [0.4, 0.5) is 4.39 Å². The number of hydrogen-bond donors (Lipinski definition) is 0. The highest BCUT2D eigenvalue weighted by Gasteiger charge is 2.22. The Morgan fingerprint density at radius 2 is 1.95 bits per heavy atom. The third-order valence-electron chi connectivity index (χ3n) is 4.03. The second-order valence-corrected chi connectivity index (χ2v) is 5.74. The molecule has 2 heterocycles. The van der Waals surface area contributed by atoms with E-state index in [-0.39, 0.29) is 5.82 Å². The van der Waals surface area contributed by atoms with Gasteiger partial charge in [0.05, 0.1) is 5.69 Å². The quantitative estimate of drug-likeness (QED) is 0.636. The highest BCUT2D eigenvalue weighted by molar-refractivity contribution is 6.30. The maximum atomic E-state index is 13.1. The van der Waals surface area contributed by atoms with Crippen molar-refractivity contribution in [1.29, 1.82) is 0 Å². The first-order chi connectivity index (χ1) is 10.1. The molecule has 4 rings (SSSR count). The first kappa shape index (κ1) is 12.8. The van der Waals surface area contributed by atoms with Crippen molar-refractivity contribution in [2.75, 3.05) is 0 Å². The van der Waals surface area contributed by atoms with Gasteiger partial charge >= 0.3 is 0 Å². The highest BCUT2D eigenvalue weighted by Crippen LogP contribution is 2.33. The summed E-state index contributed by atoms with van der Waals surface area (Å²) in [6.45, 7) is 1.93. The summed E-state index contributed by atoms with van der Waals surface area (Å²) in [5.41, 5.74) is 5.61. The molecule has 0 radical (unpaired) electrons. The zero-order valence-electron chi connectivity index (χ0n) is 11.5. The third-order valence-corrected chi connectivity index (χ3v) is 4.42. The van der Waals surface area contributed by atoms with Crippen molar-refractivity contribution >= 4 is 17.2 Å². The average molecular weight is 302 g/mol. The van der Waals surface area contributed by atoms with Crippen molar-refractivity contribution in [1.82, 2.24) is 14.6 Å². The molecule has 0 saturated heterocycles. The number of hydrogen-bond acceptors (Lipinski definition) is 2. The minimum atomic E-state index is -0.250. The number of benzene rings is 1. The fourth-order valence-electron chi connectivity index (χ4n) is 3.04. The van der Waals surface area contributed by atoms with Gasteiger partial charge in [0.25, 0.3) is 0 Å². The van der Waals surface area contributed by atoms with Gasteiger partial charge in [-0.2, -0.15) is 5.10 Å². The van der Waals surface area contributed by atoms with Crippen LogP contribution in [0.25, 0.3) is 16.8 Å². The van der Waals surface area contributed by atoms with Crippen LogP contribution in [0.2, 0.25) is 5.15 Å². The first-order valence-electron chi connectivity index (χ1n) is 6.97. The molecule has 0 N–H and O–H groups in total. The fourth-order valence-corrected chi connectivity index (χ4v) is 3.36. The minimum Gasteiger partial charge on any atom is -0.233 e. The van der Waals surface area contributed by atoms with Gasteiger partial charge in [0.15, 0.2) is 5.65 Å². The number of nitrogens with zero attached hydrogens (tertiary/aromatic N) is 3. The zero-order valence-corrected chi connectivity index (χ0v) is 12.3. The summed E-state index contributed by atoms with van der Waals surface area (Å²) in [5.74, 6) is -0.250. The van der Waals surface area contributed by atoms with Gasteiger partial charge in [0.2, 0.25) is 0 Å². The molecule has 0 saturated carbocycles. The molecule has 2 aromatic heterocycles. The smallest absolute Gasteiger partial charge is 0.165 e. The van der Waals surface area contributed by atoms with E-state index in [4.69, 9.17) is 16.6 Å². The largest absolute Gasteiger partial charge is 0.233 e. The molecular weight excluding hydrogens is 289 g/mol. The van der Waals surface area contributed by atoms with Crippen LogP contribution >= 0.6 is 11.6 Å². The van der Waals surface area contributed by atoms with Gasteiger partial charge in [-0.3, -0.25) is 0 Å². The van der Waals surface area contributed by atoms with E-state index in [0.29, 0.717) is 5.15 Å². The van der Waals surface area contributed by atoms with Gasteiger partial charge in [-0.15, -0.1) is 0 Å². The van der Waals surface area contributed by atoms with E-state index >= 15 is 0 Å². The van der Waals surface area contributed by atoms with Crippen molar-refractivity contribution in [2.24, 2.45) is 0 Å². The predicted octanol–water partition coefficient (Wildman–Crippen LogP) is 3.99. The SMILES string of the molecule is Cc1nn2c(Cl)c3c(nc2c1-c1ccc(F)cc1)CCC3. The summed E-state index contributed by atoms with van der Waals surface area (Å²) >= 11 is 6.49. The lowest BCUT2D eigenvalue weighted by Gasteiger charge is -2.05. The Hall–Kier alpha value is -1.94. The van der Waals surface area contributed by atoms with E-state index in [2.05, 4.69) is 5.10 Å². The van der Waals surface area contributed by atoms with Crippen LogP contribution in [-0.2, 0) is 12.8 Å². The van der Waals surface area contributed by atoms with Gasteiger partial charge in [-0.1, -0.05) is 23.7 Å². The van der Waals surface area contributed by atoms with Crippen LogP contribution in [0.1, 0.15) is 23.4 Å². The molecule has 1 aromatic carbocycles. The van der Waals surface area contributed by atoms with E-state index in [9.17, 15) is 4.39 Å². The molecule has 0 fully saturated rings. The molecule has 0 bridgehead atoms. The lowest BCUT2D eigenvalue weighted by atomic mass is 10.1. The van der Waals surface area contributed by atoms with Crippen LogP contribution in [0, 0.1) is 12.7 Å². The van der Waals surface area contributed by atoms with Crippen LogP contribution in [0.3, 0.4) is 0 Å². The Balaban J connectivity index is 2.03. The second-order valence-electron chi connectivity index (χ2n) is 5.38. The summed E-state index contributed by atoms with van der Waals surface area (Å²) in [7, 11) is 0. The molecule has 21 heavy (non-hydrogen) atoms. The molecule has 0 unspecified atom stereocenters. The fraction of sp³-hybridized carbons (Fsp3) is 0.250. The van der Waals surface area contributed by atoms with Gasteiger partial charge in [0.1, 0.15) is 11.0 Å². The van der Waals surface area contributed by atoms with E-state index in [0.717, 1.165) is 53.0 Å². The maximum absolute atomic E-state index is 13.1. The third kappa shape index (κ3) is 1.86. The monoisotopic (exact) mass is 301 g/mol. The molecule has 0 amide bonds. The van der Waals surface area contributed by atoms with E-state index in [1.807, 2.05) is 6.92 Å². The second kappa shape index (κ2) is 4.53. The number of rotatable bonds is 1. The van der Waals surface area contributed by atoms with Crippen molar-refractivity contribution in [2.45, 2.75) is 26.2 Å². The standard InChI is InChI=1S/C16H13ClFN3/c1-9-14(10-5-7-11(18)8-6-10)16-19-13-4-2-3-12(13)15(17)21(16)20-9/h5-8H,2-4H2,1H3. The molecule has 1 aliphatic carbocycles. The number of aromatic nitrogens is 3. The lowest BCUT2D eigenvalue weighted by molar-refractivity contribution is 0.628. The first-order valence-corrected chi connectivity index (χ1v) is 7.35. The summed E-state index contributed by atoms with van der Waals surface area (Å²) in [4.78, 5) is 4.76. The number of halogens is 2. The minimum absolute atomic E-state index is 0.250. The normalized spacial score (nSPS) is 13.9. The highest BCUT2D eigenvalue weighted by atomic mass is 35.5. The average Bonchev–Trinajstić information content (AvgIpc) is 3.05. The molecule has 1 aliphatic rings. The summed E-state index contributed by atoms with van der Waals surface area (Å²) in [5, 5.41) is 5.17. The lowest BCUT2D eigenvalue weighted by Crippen LogP contribution is -1.99. The van der Waals surface area contributed by atoms with Gasteiger partial charge in [0, 0.05) is 16.8 Å². The van der Waals surface area contributed by atoms with E-state index in [1.165, 1.54) is 12.1 Å². The summed E-state index contributed by atoms with van der Waals surface area (Å²) < 4.78 is 14.8. The van der Waals surface area contributed by atoms with Gasteiger partial charge in [-0.25, -0.2) is 13.9 Å². The summed E-state index contributed by atoms with van der Waals surface area (Å²) in [6.07, 6.45) is 3.00. The molecule has 0 atom stereocenters. The topological polar surface area (TPSA) is 30.2 Å². The Bertz CT molecular complexity index is 852. The van der Waals surface area contributed by atoms with Crippen molar-refractivity contribution in [3.63, 3.8) is 0 Å². The molecule has 0 aliphatic heterocycles. The van der Waals surface area contributed by atoms with Gasteiger partial charge < -0.3 is 0 Å². The Labute approximate surface area is 126 Å². The molecule has 106 valence electrons. The van der Waals surface area contributed by atoms with Crippen molar-refractivity contribution < 1.29 is 4.39 Å². The molecule has 5 heteroatoms. The number of aryl methyl sites for hydroxylation is 2. The van der Waals surface area contributed by atoms with Crippen molar-refractivity contribution in [3.05, 3.63) is 52.2 Å². The molecular formula is C16H13ClFN3. The maximum Gasteiger partial charge on any atom is 0.165 e. The van der Waals surface area contributed by atoms with E-state index < -0.39 is 0 Å². The van der Waals surface area contributed by atoms with Gasteiger partial charge in [-0.05, 0) is 43.9 Å². The Morgan fingerprint density at radius 1 is 1.19 bits per heavy atom. The van der Waals surface area contributed by atoms with Crippen molar-refractivity contribution in [3.8, 4) is 11.1 Å². The molecule has 3 aromatic rings. The van der Waals surface area contributed by atoms with Crippen LogP contribution in [0.15, 0.2) is 24.3 Å². The predicted molar refractivity (Wildman–Crippen MR) is 80.2 cm³/mol. The summed E-state index contributed by atoms with van der Waals surface area (Å²) in [6, 6.07) is 6.41. The van der Waals surface area contributed by atoms with Crippen LogP contribution < -0.4 is 0 Å². The van der Waals surface area contributed by atoms with Crippen LogP contribution in [-0.4, -0.2) is 14.6 Å². The molecule has 3 nitrogen and oxygen atoms in total. The zero-order chi connectivity index (χ0) is 14.6. The Morgan fingerprint density at radius 3 is 2.71 bits per heavy atom. The number of fused-ring (bicyclic) bond motifs is 2.